The SMILES string of the molecule is CC(C)c1cc(C(=O)NCCC2=CCCC2)nn1C. The van der Waals surface area contributed by atoms with Gasteiger partial charge in [0.05, 0.1) is 0 Å². The Hall–Kier alpha value is -1.58. The summed E-state index contributed by atoms with van der Waals surface area (Å²) < 4.78 is 1.79. The van der Waals surface area contributed by atoms with Crippen LogP contribution in [0.5, 0.6) is 0 Å². The van der Waals surface area contributed by atoms with Gasteiger partial charge in [0.1, 0.15) is 5.69 Å². The normalized spacial score (nSPS) is 14.8. The second-order valence-corrected chi connectivity index (χ2v) is 5.49. The lowest BCUT2D eigenvalue weighted by molar-refractivity contribution is 0.0948. The van der Waals surface area contributed by atoms with Gasteiger partial charge in [-0.25, -0.2) is 0 Å². The summed E-state index contributed by atoms with van der Waals surface area (Å²) >= 11 is 0. The van der Waals surface area contributed by atoms with Crippen molar-refractivity contribution >= 4 is 5.91 Å². The Morgan fingerprint density at radius 1 is 1.53 bits per heavy atom. The van der Waals surface area contributed by atoms with Crippen LogP contribution in [0.15, 0.2) is 17.7 Å². The average molecular weight is 261 g/mol. The Kier molecular flexibility index (Phi) is 4.40. The second kappa shape index (κ2) is 6.04. The zero-order valence-electron chi connectivity index (χ0n) is 12.1. The van der Waals surface area contributed by atoms with Crippen LogP contribution in [0.3, 0.4) is 0 Å². The molecule has 4 heteroatoms. The van der Waals surface area contributed by atoms with Crippen molar-refractivity contribution in [2.75, 3.05) is 6.54 Å². The molecular weight excluding hydrogens is 238 g/mol. The largest absolute Gasteiger partial charge is 0.350 e. The molecule has 0 bridgehead atoms. The Morgan fingerprint density at radius 2 is 2.32 bits per heavy atom. The summed E-state index contributed by atoms with van der Waals surface area (Å²) in [6, 6.07) is 1.88. The predicted octanol–water partition coefficient (Wildman–Crippen LogP) is 2.77. The molecule has 0 saturated carbocycles. The molecule has 4 nitrogen and oxygen atoms in total. The highest BCUT2D eigenvalue weighted by molar-refractivity contribution is 5.92. The van der Waals surface area contributed by atoms with Crippen LogP contribution in [0, 0.1) is 0 Å². The highest BCUT2D eigenvalue weighted by Crippen LogP contribution is 2.20. The first-order valence-corrected chi connectivity index (χ1v) is 7.08. The molecule has 0 saturated heterocycles. The van der Waals surface area contributed by atoms with Crippen LogP contribution < -0.4 is 5.32 Å². The first kappa shape index (κ1) is 13.8. The summed E-state index contributed by atoms with van der Waals surface area (Å²) in [5.41, 5.74) is 3.08. The first-order valence-electron chi connectivity index (χ1n) is 7.08. The third-order valence-electron chi connectivity index (χ3n) is 3.61. The molecule has 0 radical (unpaired) electrons. The Labute approximate surface area is 114 Å². The van der Waals surface area contributed by atoms with Crippen molar-refractivity contribution in [3.05, 3.63) is 29.1 Å². The fourth-order valence-corrected chi connectivity index (χ4v) is 2.52. The molecule has 0 fully saturated rings. The molecular formula is C15H23N3O. The van der Waals surface area contributed by atoms with Crippen molar-refractivity contribution in [2.45, 2.75) is 45.4 Å². The van der Waals surface area contributed by atoms with Gasteiger partial charge in [0, 0.05) is 19.3 Å². The van der Waals surface area contributed by atoms with E-state index in [9.17, 15) is 4.79 Å². The number of rotatable bonds is 5. The van der Waals surface area contributed by atoms with Crippen molar-refractivity contribution in [2.24, 2.45) is 7.05 Å². The third kappa shape index (κ3) is 3.46. The number of carbonyl (C=O) groups excluding carboxylic acids is 1. The summed E-state index contributed by atoms with van der Waals surface area (Å²) in [6.45, 7) is 4.91. The molecule has 1 N–H and O–H groups in total. The van der Waals surface area contributed by atoms with Crippen molar-refractivity contribution < 1.29 is 4.79 Å². The molecule has 0 unspecified atom stereocenters. The van der Waals surface area contributed by atoms with E-state index in [4.69, 9.17) is 0 Å². The number of carbonyl (C=O) groups is 1. The van der Waals surface area contributed by atoms with Crippen LogP contribution >= 0.6 is 0 Å². The maximum atomic E-state index is 12.0. The van der Waals surface area contributed by atoms with E-state index in [1.165, 1.54) is 24.8 Å². The van der Waals surface area contributed by atoms with Crippen LogP contribution in [-0.2, 0) is 7.05 Å². The van der Waals surface area contributed by atoms with E-state index in [-0.39, 0.29) is 5.91 Å². The number of hydrogen-bond donors (Lipinski definition) is 1. The molecule has 19 heavy (non-hydrogen) atoms. The summed E-state index contributed by atoms with van der Waals surface area (Å²) in [7, 11) is 1.88. The highest BCUT2D eigenvalue weighted by atomic mass is 16.1. The van der Waals surface area contributed by atoms with Crippen LogP contribution in [0.25, 0.3) is 0 Å². The number of aromatic nitrogens is 2. The van der Waals surface area contributed by atoms with Gasteiger partial charge in [-0.2, -0.15) is 5.10 Å². The minimum Gasteiger partial charge on any atom is -0.350 e. The van der Waals surface area contributed by atoms with Crippen LogP contribution in [0.1, 0.15) is 61.6 Å². The standard InChI is InChI=1S/C15H23N3O/c1-11(2)14-10-13(17-18(14)3)15(19)16-9-8-12-6-4-5-7-12/h6,10-11H,4-5,7-9H2,1-3H3,(H,16,19). The smallest absolute Gasteiger partial charge is 0.271 e. The number of hydrogen-bond acceptors (Lipinski definition) is 2. The molecule has 1 amide bonds. The van der Waals surface area contributed by atoms with Gasteiger partial charge in [0.2, 0.25) is 0 Å². The van der Waals surface area contributed by atoms with Gasteiger partial charge in [0.25, 0.3) is 5.91 Å². The number of amides is 1. The van der Waals surface area contributed by atoms with E-state index in [1.54, 1.807) is 4.68 Å². The summed E-state index contributed by atoms with van der Waals surface area (Å²) in [5.74, 6) is 0.309. The fraction of sp³-hybridized carbons (Fsp3) is 0.600. The summed E-state index contributed by atoms with van der Waals surface area (Å²) in [5, 5.41) is 7.22. The molecule has 1 heterocycles. The van der Waals surface area contributed by atoms with Gasteiger partial charge in [-0.15, -0.1) is 0 Å². The fourth-order valence-electron chi connectivity index (χ4n) is 2.52. The maximum Gasteiger partial charge on any atom is 0.271 e. The van der Waals surface area contributed by atoms with Gasteiger partial charge in [-0.05, 0) is 37.7 Å². The number of nitrogens with one attached hydrogen (secondary N) is 1. The van der Waals surface area contributed by atoms with E-state index in [0.29, 0.717) is 18.2 Å². The van der Waals surface area contributed by atoms with E-state index in [0.717, 1.165) is 12.1 Å². The predicted molar refractivity (Wildman–Crippen MR) is 76.2 cm³/mol. The molecule has 1 aliphatic rings. The molecule has 2 rings (SSSR count). The lowest BCUT2D eigenvalue weighted by Gasteiger charge is -2.03. The van der Waals surface area contributed by atoms with Crippen LogP contribution in [0.2, 0.25) is 0 Å². The number of nitrogens with zero attached hydrogens (tertiary/aromatic N) is 2. The second-order valence-electron chi connectivity index (χ2n) is 5.49. The lowest BCUT2D eigenvalue weighted by Crippen LogP contribution is -2.25. The molecule has 0 aromatic carbocycles. The maximum absolute atomic E-state index is 12.0. The molecule has 0 spiro atoms. The van der Waals surface area contributed by atoms with E-state index in [2.05, 4.69) is 30.3 Å². The number of allylic oxidation sites excluding steroid dienone is 1. The highest BCUT2D eigenvalue weighted by Gasteiger charge is 2.14. The van der Waals surface area contributed by atoms with E-state index < -0.39 is 0 Å². The van der Waals surface area contributed by atoms with Crippen molar-refractivity contribution in [1.29, 1.82) is 0 Å². The Morgan fingerprint density at radius 3 is 2.89 bits per heavy atom. The van der Waals surface area contributed by atoms with Gasteiger partial charge in [-0.3, -0.25) is 9.48 Å². The quantitative estimate of drug-likeness (QED) is 0.828. The Bertz CT molecular complexity index is 486. The van der Waals surface area contributed by atoms with Crippen LogP contribution in [0.4, 0.5) is 0 Å². The minimum atomic E-state index is -0.0684. The zero-order chi connectivity index (χ0) is 13.8. The molecule has 1 aromatic heterocycles. The van der Waals surface area contributed by atoms with Crippen molar-refractivity contribution in [3.63, 3.8) is 0 Å². The summed E-state index contributed by atoms with van der Waals surface area (Å²) in [4.78, 5) is 12.0. The van der Waals surface area contributed by atoms with Gasteiger partial charge < -0.3 is 5.32 Å². The topological polar surface area (TPSA) is 46.9 Å². The molecule has 1 aromatic rings. The van der Waals surface area contributed by atoms with E-state index >= 15 is 0 Å². The molecule has 0 aliphatic heterocycles. The molecule has 0 atom stereocenters. The lowest BCUT2D eigenvalue weighted by atomic mass is 10.1. The minimum absolute atomic E-state index is 0.0684. The average Bonchev–Trinajstić information content (AvgIpc) is 2.98. The molecule has 1 aliphatic carbocycles. The van der Waals surface area contributed by atoms with Crippen molar-refractivity contribution in [3.8, 4) is 0 Å². The van der Waals surface area contributed by atoms with E-state index in [1.807, 2.05) is 13.1 Å². The van der Waals surface area contributed by atoms with Gasteiger partial charge in [0.15, 0.2) is 0 Å². The first-order chi connectivity index (χ1) is 9.08. The third-order valence-corrected chi connectivity index (χ3v) is 3.61. The Balaban J connectivity index is 1.87. The van der Waals surface area contributed by atoms with Crippen molar-refractivity contribution in [1.82, 2.24) is 15.1 Å². The zero-order valence-corrected chi connectivity index (χ0v) is 12.1. The van der Waals surface area contributed by atoms with Crippen LogP contribution in [-0.4, -0.2) is 22.2 Å². The van der Waals surface area contributed by atoms with Gasteiger partial charge >= 0.3 is 0 Å². The van der Waals surface area contributed by atoms with Gasteiger partial charge in [-0.1, -0.05) is 25.5 Å². The molecule has 104 valence electrons. The monoisotopic (exact) mass is 261 g/mol. The number of aryl methyl sites for hydroxylation is 1. The summed E-state index contributed by atoms with van der Waals surface area (Å²) in [6.07, 6.45) is 6.92.